The smallest absolute Gasteiger partial charge is 0.0575 e. The SMILES string of the molecule is CCCC(C)C[C@H]1CC[C@H](OCC)CC1. The number of hydrogen-bond donors (Lipinski definition) is 0. The minimum atomic E-state index is 0.577. The van der Waals surface area contributed by atoms with Crippen LogP contribution in [0, 0.1) is 11.8 Å². The van der Waals surface area contributed by atoms with Gasteiger partial charge in [-0.2, -0.15) is 0 Å². The van der Waals surface area contributed by atoms with Gasteiger partial charge in [-0.15, -0.1) is 0 Å². The fourth-order valence-corrected chi connectivity index (χ4v) is 2.95. The molecule has 0 saturated heterocycles. The zero-order valence-corrected chi connectivity index (χ0v) is 10.8. The van der Waals surface area contributed by atoms with Crippen molar-refractivity contribution in [2.75, 3.05) is 6.61 Å². The maximum atomic E-state index is 5.68. The molecule has 1 unspecified atom stereocenters. The molecule has 1 saturated carbocycles. The molecule has 0 aromatic heterocycles. The third-order valence-corrected chi connectivity index (χ3v) is 3.71. The van der Waals surface area contributed by atoms with Crippen LogP contribution in [-0.4, -0.2) is 12.7 Å². The molecule has 1 heteroatoms. The van der Waals surface area contributed by atoms with Gasteiger partial charge in [0.25, 0.3) is 0 Å². The van der Waals surface area contributed by atoms with Crippen LogP contribution in [-0.2, 0) is 4.74 Å². The van der Waals surface area contributed by atoms with E-state index in [1.54, 1.807) is 0 Å². The summed E-state index contributed by atoms with van der Waals surface area (Å²) < 4.78 is 5.68. The summed E-state index contributed by atoms with van der Waals surface area (Å²) >= 11 is 0. The predicted octanol–water partition coefficient (Wildman–Crippen LogP) is 4.41. The van der Waals surface area contributed by atoms with Gasteiger partial charge < -0.3 is 4.74 Å². The third-order valence-electron chi connectivity index (χ3n) is 3.71. The highest BCUT2D eigenvalue weighted by molar-refractivity contribution is 4.74. The van der Waals surface area contributed by atoms with Gasteiger partial charge in [-0.25, -0.2) is 0 Å². The molecule has 1 aliphatic rings. The lowest BCUT2D eigenvalue weighted by Crippen LogP contribution is -2.22. The van der Waals surface area contributed by atoms with E-state index >= 15 is 0 Å². The Bertz CT molecular complexity index is 147. The van der Waals surface area contributed by atoms with Crippen molar-refractivity contribution in [2.24, 2.45) is 11.8 Å². The number of rotatable bonds is 6. The molecule has 0 N–H and O–H groups in total. The average Bonchev–Trinajstić information content (AvgIpc) is 2.22. The molecule has 0 bridgehead atoms. The van der Waals surface area contributed by atoms with Gasteiger partial charge in [0.05, 0.1) is 6.10 Å². The Morgan fingerprint density at radius 1 is 1.13 bits per heavy atom. The first kappa shape index (κ1) is 13.0. The molecule has 1 rings (SSSR count). The van der Waals surface area contributed by atoms with Gasteiger partial charge in [0.15, 0.2) is 0 Å². The topological polar surface area (TPSA) is 9.23 Å². The summed E-state index contributed by atoms with van der Waals surface area (Å²) in [4.78, 5) is 0. The lowest BCUT2D eigenvalue weighted by Gasteiger charge is -2.29. The van der Waals surface area contributed by atoms with Crippen LogP contribution < -0.4 is 0 Å². The molecule has 1 atom stereocenters. The van der Waals surface area contributed by atoms with E-state index in [0.717, 1.165) is 18.4 Å². The first-order valence-electron chi connectivity index (χ1n) is 6.87. The highest BCUT2D eigenvalue weighted by Gasteiger charge is 2.22. The van der Waals surface area contributed by atoms with Gasteiger partial charge in [-0.3, -0.25) is 0 Å². The molecule has 90 valence electrons. The van der Waals surface area contributed by atoms with Crippen molar-refractivity contribution in [1.82, 2.24) is 0 Å². The second-order valence-electron chi connectivity index (χ2n) is 5.23. The molecular weight excluding hydrogens is 184 g/mol. The van der Waals surface area contributed by atoms with E-state index in [-0.39, 0.29) is 0 Å². The zero-order valence-electron chi connectivity index (χ0n) is 10.8. The van der Waals surface area contributed by atoms with Crippen molar-refractivity contribution in [3.8, 4) is 0 Å². The number of ether oxygens (including phenoxy) is 1. The quantitative estimate of drug-likeness (QED) is 0.634. The largest absolute Gasteiger partial charge is 0.379 e. The lowest BCUT2D eigenvalue weighted by atomic mass is 9.81. The summed E-state index contributed by atoms with van der Waals surface area (Å²) in [7, 11) is 0. The summed E-state index contributed by atoms with van der Waals surface area (Å²) in [6.07, 6.45) is 10.2. The summed E-state index contributed by atoms with van der Waals surface area (Å²) in [5, 5.41) is 0. The molecule has 1 nitrogen and oxygen atoms in total. The number of hydrogen-bond acceptors (Lipinski definition) is 1. The summed E-state index contributed by atoms with van der Waals surface area (Å²) in [6.45, 7) is 7.71. The van der Waals surface area contributed by atoms with Gasteiger partial charge in [-0.05, 0) is 50.9 Å². The standard InChI is InChI=1S/C14H28O/c1-4-6-12(3)11-13-7-9-14(10-8-13)15-5-2/h12-14H,4-11H2,1-3H3/t12?,13-,14-. The van der Waals surface area contributed by atoms with Crippen LogP contribution in [0.2, 0.25) is 0 Å². The van der Waals surface area contributed by atoms with E-state index in [1.165, 1.54) is 44.9 Å². The van der Waals surface area contributed by atoms with E-state index in [9.17, 15) is 0 Å². The highest BCUT2D eigenvalue weighted by atomic mass is 16.5. The molecule has 0 spiro atoms. The molecule has 0 aliphatic heterocycles. The molecule has 0 amide bonds. The maximum absolute atomic E-state index is 5.68. The van der Waals surface area contributed by atoms with Crippen molar-refractivity contribution < 1.29 is 4.74 Å². The van der Waals surface area contributed by atoms with E-state index in [0.29, 0.717) is 6.10 Å². The Balaban J connectivity index is 2.14. The van der Waals surface area contributed by atoms with Gasteiger partial charge >= 0.3 is 0 Å². The Morgan fingerprint density at radius 2 is 1.80 bits per heavy atom. The second kappa shape index (κ2) is 7.27. The van der Waals surface area contributed by atoms with Gasteiger partial charge in [0.1, 0.15) is 0 Å². The first-order chi connectivity index (χ1) is 7.26. The van der Waals surface area contributed by atoms with Crippen LogP contribution in [0.25, 0.3) is 0 Å². The van der Waals surface area contributed by atoms with Crippen LogP contribution in [0.3, 0.4) is 0 Å². The van der Waals surface area contributed by atoms with E-state index in [2.05, 4.69) is 20.8 Å². The maximum Gasteiger partial charge on any atom is 0.0575 e. The van der Waals surface area contributed by atoms with Crippen molar-refractivity contribution in [1.29, 1.82) is 0 Å². The molecule has 15 heavy (non-hydrogen) atoms. The van der Waals surface area contributed by atoms with Crippen LogP contribution in [0.1, 0.15) is 65.7 Å². The molecular formula is C14H28O. The van der Waals surface area contributed by atoms with Crippen LogP contribution in [0.5, 0.6) is 0 Å². The molecule has 0 radical (unpaired) electrons. The van der Waals surface area contributed by atoms with Crippen LogP contribution in [0.4, 0.5) is 0 Å². The molecule has 1 fully saturated rings. The van der Waals surface area contributed by atoms with Crippen molar-refractivity contribution >= 4 is 0 Å². The van der Waals surface area contributed by atoms with Gasteiger partial charge in [0.2, 0.25) is 0 Å². The second-order valence-corrected chi connectivity index (χ2v) is 5.23. The first-order valence-corrected chi connectivity index (χ1v) is 6.87. The minimum absolute atomic E-state index is 0.577. The Kier molecular flexibility index (Phi) is 6.31. The van der Waals surface area contributed by atoms with Gasteiger partial charge in [-0.1, -0.05) is 26.7 Å². The fourth-order valence-electron chi connectivity index (χ4n) is 2.95. The average molecular weight is 212 g/mol. The van der Waals surface area contributed by atoms with Crippen LogP contribution >= 0.6 is 0 Å². The summed E-state index contributed by atoms with van der Waals surface area (Å²) in [5.74, 6) is 1.92. The van der Waals surface area contributed by atoms with Crippen molar-refractivity contribution in [3.63, 3.8) is 0 Å². The van der Waals surface area contributed by atoms with Crippen molar-refractivity contribution in [2.45, 2.75) is 71.8 Å². The minimum Gasteiger partial charge on any atom is -0.379 e. The lowest BCUT2D eigenvalue weighted by molar-refractivity contribution is 0.0230. The molecule has 0 heterocycles. The van der Waals surface area contributed by atoms with Crippen LogP contribution in [0.15, 0.2) is 0 Å². The fraction of sp³-hybridized carbons (Fsp3) is 1.00. The van der Waals surface area contributed by atoms with E-state index < -0.39 is 0 Å². The summed E-state index contributed by atoms with van der Waals surface area (Å²) in [6, 6.07) is 0. The Morgan fingerprint density at radius 3 is 2.33 bits per heavy atom. The molecule has 0 aromatic rings. The molecule has 0 aromatic carbocycles. The van der Waals surface area contributed by atoms with Gasteiger partial charge in [0, 0.05) is 6.61 Å². The monoisotopic (exact) mass is 212 g/mol. The van der Waals surface area contributed by atoms with Crippen molar-refractivity contribution in [3.05, 3.63) is 0 Å². The third kappa shape index (κ3) is 5.01. The Hall–Kier alpha value is -0.0400. The highest BCUT2D eigenvalue weighted by Crippen LogP contribution is 2.31. The predicted molar refractivity (Wildman–Crippen MR) is 66.1 cm³/mol. The molecule has 1 aliphatic carbocycles. The Labute approximate surface area is 95.6 Å². The summed E-state index contributed by atoms with van der Waals surface area (Å²) in [5.41, 5.74) is 0. The normalized spacial score (nSPS) is 29.0. The van der Waals surface area contributed by atoms with E-state index in [4.69, 9.17) is 4.74 Å². The zero-order chi connectivity index (χ0) is 11.1. The van der Waals surface area contributed by atoms with E-state index in [1.807, 2.05) is 0 Å².